The van der Waals surface area contributed by atoms with Gasteiger partial charge in [-0.1, -0.05) is 20.3 Å². The van der Waals surface area contributed by atoms with Gasteiger partial charge < -0.3 is 5.11 Å². The first kappa shape index (κ1) is 8.55. The highest BCUT2D eigenvalue weighted by Crippen LogP contribution is 2.43. The van der Waals surface area contributed by atoms with Crippen LogP contribution >= 0.6 is 0 Å². The topological polar surface area (TPSA) is 44.0 Å². The van der Waals surface area contributed by atoms with Crippen molar-refractivity contribution in [1.29, 1.82) is 5.26 Å². The smallest absolute Gasteiger partial charge is 0.156 e. The van der Waals surface area contributed by atoms with Crippen LogP contribution in [0, 0.1) is 16.7 Å². The second-order valence-corrected chi connectivity index (χ2v) is 4.06. The summed E-state index contributed by atoms with van der Waals surface area (Å²) in [6.07, 6.45) is 3.71. The minimum Gasteiger partial charge on any atom is -0.375 e. The number of aliphatic hydroxyl groups is 1. The average Bonchev–Trinajstić information content (AvgIpc) is 1.95. The molecule has 0 spiro atoms. The van der Waals surface area contributed by atoms with Crippen LogP contribution < -0.4 is 0 Å². The molecule has 0 unspecified atom stereocenters. The van der Waals surface area contributed by atoms with Crippen molar-refractivity contribution < 1.29 is 5.11 Å². The van der Waals surface area contributed by atoms with Crippen molar-refractivity contribution in [1.82, 2.24) is 0 Å². The molecule has 1 atom stereocenters. The van der Waals surface area contributed by atoms with Gasteiger partial charge in [0.2, 0.25) is 0 Å². The zero-order valence-electron chi connectivity index (χ0n) is 7.22. The molecule has 0 aliphatic heterocycles. The van der Waals surface area contributed by atoms with Gasteiger partial charge >= 0.3 is 0 Å². The molecule has 2 nitrogen and oxygen atoms in total. The van der Waals surface area contributed by atoms with Crippen LogP contribution in [-0.2, 0) is 0 Å². The summed E-state index contributed by atoms with van der Waals surface area (Å²) >= 11 is 0. The SMILES string of the molecule is CC1(C)CCCC[C@@]1(O)C#N. The summed E-state index contributed by atoms with van der Waals surface area (Å²) in [5.41, 5.74) is -1.30. The second kappa shape index (κ2) is 2.49. The lowest BCUT2D eigenvalue weighted by molar-refractivity contribution is -0.0497. The Bertz CT molecular complexity index is 192. The Hall–Kier alpha value is -0.550. The molecule has 1 saturated carbocycles. The van der Waals surface area contributed by atoms with E-state index in [2.05, 4.69) is 0 Å². The van der Waals surface area contributed by atoms with Crippen LogP contribution in [0.1, 0.15) is 39.5 Å². The molecular weight excluding hydrogens is 138 g/mol. The highest BCUT2D eigenvalue weighted by molar-refractivity contribution is 5.10. The lowest BCUT2D eigenvalue weighted by Crippen LogP contribution is -2.45. The van der Waals surface area contributed by atoms with Gasteiger partial charge in [0.1, 0.15) is 0 Å². The van der Waals surface area contributed by atoms with Gasteiger partial charge in [0, 0.05) is 5.41 Å². The lowest BCUT2D eigenvalue weighted by atomic mass is 9.66. The summed E-state index contributed by atoms with van der Waals surface area (Å²) in [6.45, 7) is 3.94. The van der Waals surface area contributed by atoms with Gasteiger partial charge in [-0.25, -0.2) is 0 Å². The van der Waals surface area contributed by atoms with E-state index in [1.54, 1.807) is 0 Å². The Morgan fingerprint density at radius 2 is 1.82 bits per heavy atom. The molecule has 0 saturated heterocycles. The third-order valence-electron chi connectivity index (χ3n) is 2.89. The minimum absolute atomic E-state index is 0.222. The molecule has 1 aliphatic carbocycles. The first-order chi connectivity index (χ1) is 5.02. The molecule has 0 heterocycles. The van der Waals surface area contributed by atoms with E-state index in [4.69, 9.17) is 5.26 Å². The largest absolute Gasteiger partial charge is 0.375 e. The number of hydrogen-bond donors (Lipinski definition) is 1. The maximum absolute atomic E-state index is 9.85. The van der Waals surface area contributed by atoms with Crippen LogP contribution in [0.4, 0.5) is 0 Å². The molecule has 62 valence electrons. The van der Waals surface area contributed by atoms with E-state index >= 15 is 0 Å². The number of rotatable bonds is 0. The summed E-state index contributed by atoms with van der Waals surface area (Å²) in [5.74, 6) is 0. The molecule has 11 heavy (non-hydrogen) atoms. The van der Waals surface area contributed by atoms with E-state index in [-0.39, 0.29) is 5.41 Å². The average molecular weight is 153 g/mol. The summed E-state index contributed by atoms with van der Waals surface area (Å²) in [7, 11) is 0. The normalized spacial score (nSPS) is 36.2. The van der Waals surface area contributed by atoms with E-state index in [1.807, 2.05) is 19.9 Å². The van der Waals surface area contributed by atoms with Crippen LogP contribution in [0.25, 0.3) is 0 Å². The Morgan fingerprint density at radius 1 is 1.27 bits per heavy atom. The molecule has 1 fully saturated rings. The predicted octanol–water partition coefficient (Wildman–Crippen LogP) is 1.84. The van der Waals surface area contributed by atoms with Gasteiger partial charge in [-0.15, -0.1) is 0 Å². The quantitative estimate of drug-likeness (QED) is 0.540. The molecule has 0 radical (unpaired) electrons. The standard InChI is InChI=1S/C9H15NO/c1-8(2)5-3-4-6-9(8,11)7-10/h11H,3-6H2,1-2H3/t9-/m1/s1. The molecule has 0 bridgehead atoms. The van der Waals surface area contributed by atoms with Crippen LogP contribution in [-0.4, -0.2) is 10.7 Å². The molecule has 0 aromatic rings. The van der Waals surface area contributed by atoms with Crippen molar-refractivity contribution in [2.45, 2.75) is 45.1 Å². The van der Waals surface area contributed by atoms with Gasteiger partial charge in [0.15, 0.2) is 5.60 Å². The van der Waals surface area contributed by atoms with Crippen LogP contribution in [0.2, 0.25) is 0 Å². The Labute approximate surface area is 67.8 Å². The van der Waals surface area contributed by atoms with E-state index in [0.717, 1.165) is 19.3 Å². The van der Waals surface area contributed by atoms with Crippen molar-refractivity contribution in [2.24, 2.45) is 5.41 Å². The van der Waals surface area contributed by atoms with Gasteiger partial charge in [-0.05, 0) is 19.3 Å². The number of nitriles is 1. The molecule has 1 N–H and O–H groups in total. The Morgan fingerprint density at radius 3 is 2.18 bits per heavy atom. The van der Waals surface area contributed by atoms with E-state index in [0.29, 0.717) is 6.42 Å². The minimum atomic E-state index is -1.08. The van der Waals surface area contributed by atoms with Crippen LogP contribution in [0.5, 0.6) is 0 Å². The second-order valence-electron chi connectivity index (χ2n) is 4.06. The highest BCUT2D eigenvalue weighted by atomic mass is 16.3. The molecule has 1 aliphatic rings. The summed E-state index contributed by atoms with van der Waals surface area (Å²) < 4.78 is 0. The summed E-state index contributed by atoms with van der Waals surface area (Å²) in [5, 5.41) is 18.6. The van der Waals surface area contributed by atoms with Gasteiger partial charge in [0.25, 0.3) is 0 Å². The fourth-order valence-electron chi connectivity index (χ4n) is 1.70. The van der Waals surface area contributed by atoms with Crippen molar-refractivity contribution in [2.75, 3.05) is 0 Å². The van der Waals surface area contributed by atoms with Crippen molar-refractivity contribution in [3.05, 3.63) is 0 Å². The first-order valence-electron chi connectivity index (χ1n) is 4.15. The van der Waals surface area contributed by atoms with E-state index in [1.165, 1.54) is 0 Å². The fourth-order valence-corrected chi connectivity index (χ4v) is 1.70. The molecule has 0 amide bonds. The van der Waals surface area contributed by atoms with Crippen molar-refractivity contribution >= 4 is 0 Å². The molecule has 0 aromatic carbocycles. The van der Waals surface area contributed by atoms with E-state index < -0.39 is 5.60 Å². The Balaban J connectivity index is 2.85. The number of hydrogen-bond acceptors (Lipinski definition) is 2. The summed E-state index contributed by atoms with van der Waals surface area (Å²) in [4.78, 5) is 0. The van der Waals surface area contributed by atoms with Gasteiger partial charge in [-0.2, -0.15) is 5.26 Å². The molecule has 0 aromatic heterocycles. The number of nitrogens with zero attached hydrogens (tertiary/aromatic N) is 1. The molecule has 1 rings (SSSR count). The van der Waals surface area contributed by atoms with Crippen molar-refractivity contribution in [3.8, 4) is 6.07 Å². The Kier molecular flexibility index (Phi) is 1.94. The zero-order valence-corrected chi connectivity index (χ0v) is 7.22. The highest BCUT2D eigenvalue weighted by Gasteiger charge is 2.45. The van der Waals surface area contributed by atoms with Crippen LogP contribution in [0.15, 0.2) is 0 Å². The molecule has 2 heteroatoms. The fraction of sp³-hybridized carbons (Fsp3) is 0.889. The zero-order chi connectivity index (χ0) is 8.54. The summed E-state index contributed by atoms with van der Waals surface area (Å²) in [6, 6.07) is 2.03. The lowest BCUT2D eigenvalue weighted by Gasteiger charge is -2.41. The van der Waals surface area contributed by atoms with Gasteiger partial charge in [-0.3, -0.25) is 0 Å². The van der Waals surface area contributed by atoms with Gasteiger partial charge in [0.05, 0.1) is 6.07 Å². The third kappa shape index (κ3) is 1.25. The monoisotopic (exact) mass is 153 g/mol. The predicted molar refractivity (Wildman–Crippen MR) is 42.8 cm³/mol. The van der Waals surface area contributed by atoms with Crippen LogP contribution in [0.3, 0.4) is 0 Å². The maximum Gasteiger partial charge on any atom is 0.156 e. The third-order valence-corrected chi connectivity index (χ3v) is 2.89. The molecular formula is C9H15NO. The first-order valence-corrected chi connectivity index (χ1v) is 4.15. The van der Waals surface area contributed by atoms with Crippen molar-refractivity contribution in [3.63, 3.8) is 0 Å². The maximum atomic E-state index is 9.85. The van der Waals surface area contributed by atoms with E-state index in [9.17, 15) is 5.11 Å².